The van der Waals surface area contributed by atoms with Crippen LogP contribution in [-0.2, 0) is 0 Å². The molecule has 0 spiro atoms. The molecule has 106 valence electrons. The molecule has 0 unspecified atom stereocenters. The van der Waals surface area contributed by atoms with E-state index in [2.05, 4.69) is 26.5 Å². The van der Waals surface area contributed by atoms with Crippen molar-refractivity contribution in [2.45, 2.75) is 76.3 Å². The summed E-state index contributed by atoms with van der Waals surface area (Å²) in [7, 11) is 0. The van der Waals surface area contributed by atoms with Crippen LogP contribution in [0.25, 0.3) is 0 Å². The third-order valence-electron chi connectivity index (χ3n) is 4.64. The van der Waals surface area contributed by atoms with Gasteiger partial charge in [0.2, 0.25) is 0 Å². The largest absolute Gasteiger partial charge is 0.309 e. The number of rotatable bonds is 2. The van der Waals surface area contributed by atoms with E-state index in [1.165, 1.54) is 64.2 Å². The maximum Gasteiger partial charge on any atom is 0.0996 e. The van der Waals surface area contributed by atoms with E-state index in [-0.39, 0.29) is 0 Å². The van der Waals surface area contributed by atoms with E-state index in [9.17, 15) is 0 Å². The molecule has 0 radical (unpaired) electrons. The summed E-state index contributed by atoms with van der Waals surface area (Å²) in [5.74, 6) is 0. The van der Waals surface area contributed by atoms with Crippen LogP contribution >= 0.6 is 0 Å². The first-order valence-corrected chi connectivity index (χ1v) is 8.08. The number of hydrogen-bond donors (Lipinski definition) is 1. The standard InChI is InChI=1S/C15H26N4/c1-2-4-6-9-13(8-5-3-1)19-12-15(17-18-19)14-10-7-11-16-14/h12-14,16H,1-11H2/t14-/m0/s1. The molecule has 4 nitrogen and oxygen atoms in total. The van der Waals surface area contributed by atoms with Crippen molar-refractivity contribution in [3.8, 4) is 0 Å². The van der Waals surface area contributed by atoms with Crippen molar-refractivity contribution in [1.29, 1.82) is 0 Å². The Kier molecular flexibility index (Phi) is 4.49. The number of aromatic nitrogens is 3. The highest BCUT2D eigenvalue weighted by atomic mass is 15.4. The van der Waals surface area contributed by atoms with E-state index in [0.717, 1.165) is 12.2 Å². The molecule has 1 saturated carbocycles. The second-order valence-corrected chi connectivity index (χ2v) is 6.12. The molecule has 3 rings (SSSR count). The van der Waals surface area contributed by atoms with Crippen LogP contribution < -0.4 is 5.32 Å². The van der Waals surface area contributed by atoms with Crippen molar-refractivity contribution in [1.82, 2.24) is 20.3 Å². The first kappa shape index (κ1) is 13.1. The maximum atomic E-state index is 4.41. The molecular formula is C15H26N4. The lowest BCUT2D eigenvalue weighted by molar-refractivity contribution is 0.375. The SMILES string of the molecule is c1c([C@@H]2CCCN2)nnn1C1CCCCCCCC1. The Balaban J connectivity index is 1.65. The van der Waals surface area contributed by atoms with Crippen molar-refractivity contribution in [3.63, 3.8) is 0 Å². The van der Waals surface area contributed by atoms with Crippen LogP contribution in [0.2, 0.25) is 0 Å². The first-order valence-electron chi connectivity index (χ1n) is 8.08. The molecule has 1 aliphatic heterocycles. The second kappa shape index (κ2) is 6.51. The predicted molar refractivity (Wildman–Crippen MR) is 76.0 cm³/mol. The van der Waals surface area contributed by atoms with Gasteiger partial charge >= 0.3 is 0 Å². The number of nitrogens with zero attached hydrogens (tertiary/aromatic N) is 3. The van der Waals surface area contributed by atoms with Gasteiger partial charge < -0.3 is 5.32 Å². The molecule has 1 aromatic heterocycles. The number of hydrogen-bond acceptors (Lipinski definition) is 3. The van der Waals surface area contributed by atoms with E-state index < -0.39 is 0 Å². The highest BCUT2D eigenvalue weighted by Gasteiger charge is 2.21. The highest BCUT2D eigenvalue weighted by molar-refractivity contribution is 5.03. The van der Waals surface area contributed by atoms with Gasteiger partial charge in [0, 0.05) is 0 Å². The summed E-state index contributed by atoms with van der Waals surface area (Å²) < 4.78 is 2.15. The van der Waals surface area contributed by atoms with Crippen LogP contribution in [0.4, 0.5) is 0 Å². The minimum Gasteiger partial charge on any atom is -0.309 e. The molecule has 0 aromatic carbocycles. The molecule has 1 N–H and O–H groups in total. The fraction of sp³-hybridized carbons (Fsp3) is 0.867. The van der Waals surface area contributed by atoms with E-state index in [1.807, 2.05) is 0 Å². The van der Waals surface area contributed by atoms with E-state index in [4.69, 9.17) is 0 Å². The lowest BCUT2D eigenvalue weighted by Gasteiger charge is -2.15. The van der Waals surface area contributed by atoms with Gasteiger partial charge in [-0.1, -0.05) is 43.7 Å². The zero-order chi connectivity index (χ0) is 12.9. The van der Waals surface area contributed by atoms with E-state index in [0.29, 0.717) is 12.1 Å². The minimum absolute atomic E-state index is 0.449. The summed E-state index contributed by atoms with van der Waals surface area (Å²) in [4.78, 5) is 0. The van der Waals surface area contributed by atoms with Gasteiger partial charge in [-0.05, 0) is 32.2 Å². The minimum atomic E-state index is 0.449. The zero-order valence-electron chi connectivity index (χ0n) is 11.9. The molecule has 1 aromatic rings. The lowest BCUT2D eigenvalue weighted by atomic mass is 10.1. The molecular weight excluding hydrogens is 236 g/mol. The molecule has 1 aliphatic carbocycles. The Morgan fingerprint density at radius 1 is 0.947 bits per heavy atom. The van der Waals surface area contributed by atoms with Gasteiger partial charge in [-0.15, -0.1) is 5.10 Å². The summed E-state index contributed by atoms with van der Waals surface area (Å²) in [6, 6.07) is 1.03. The molecule has 2 fully saturated rings. The predicted octanol–water partition coefficient (Wildman–Crippen LogP) is 3.38. The Labute approximate surface area is 116 Å². The molecule has 1 saturated heterocycles. The normalized spacial score (nSPS) is 26.8. The molecule has 2 heterocycles. The van der Waals surface area contributed by atoms with E-state index >= 15 is 0 Å². The van der Waals surface area contributed by atoms with Crippen molar-refractivity contribution < 1.29 is 0 Å². The Morgan fingerprint density at radius 3 is 2.37 bits per heavy atom. The molecule has 1 atom stereocenters. The van der Waals surface area contributed by atoms with Gasteiger partial charge in [-0.3, -0.25) is 0 Å². The average molecular weight is 262 g/mol. The van der Waals surface area contributed by atoms with Crippen LogP contribution in [0.1, 0.15) is 82.0 Å². The molecule has 0 bridgehead atoms. The van der Waals surface area contributed by atoms with Gasteiger partial charge in [0.05, 0.1) is 24.0 Å². The molecule has 0 amide bonds. The Morgan fingerprint density at radius 2 is 1.68 bits per heavy atom. The summed E-state index contributed by atoms with van der Waals surface area (Å²) in [5, 5.41) is 12.3. The summed E-state index contributed by atoms with van der Waals surface area (Å²) in [5.41, 5.74) is 1.15. The zero-order valence-corrected chi connectivity index (χ0v) is 11.9. The molecule has 4 heteroatoms. The van der Waals surface area contributed by atoms with Gasteiger partial charge in [-0.2, -0.15) is 0 Å². The molecule has 2 aliphatic rings. The third kappa shape index (κ3) is 3.35. The third-order valence-corrected chi connectivity index (χ3v) is 4.64. The van der Waals surface area contributed by atoms with Gasteiger partial charge in [-0.25, -0.2) is 4.68 Å². The van der Waals surface area contributed by atoms with E-state index in [1.54, 1.807) is 0 Å². The quantitative estimate of drug-likeness (QED) is 0.888. The average Bonchev–Trinajstić information content (AvgIpc) is 3.11. The second-order valence-electron chi connectivity index (χ2n) is 6.12. The lowest BCUT2D eigenvalue weighted by Crippen LogP contribution is -2.13. The van der Waals surface area contributed by atoms with Crippen LogP contribution in [0.5, 0.6) is 0 Å². The summed E-state index contributed by atoms with van der Waals surface area (Å²) in [6.07, 6.45) is 15.5. The number of nitrogens with one attached hydrogen (secondary N) is 1. The highest BCUT2D eigenvalue weighted by Crippen LogP contribution is 2.27. The monoisotopic (exact) mass is 262 g/mol. The first-order chi connectivity index (χ1) is 9.43. The van der Waals surface area contributed by atoms with Crippen LogP contribution in [0.3, 0.4) is 0 Å². The fourth-order valence-electron chi connectivity index (χ4n) is 3.44. The topological polar surface area (TPSA) is 42.7 Å². The summed E-state index contributed by atoms with van der Waals surface area (Å²) >= 11 is 0. The van der Waals surface area contributed by atoms with Crippen LogP contribution in [-0.4, -0.2) is 21.5 Å². The van der Waals surface area contributed by atoms with Gasteiger partial charge in [0.1, 0.15) is 0 Å². The maximum absolute atomic E-state index is 4.41. The van der Waals surface area contributed by atoms with Crippen molar-refractivity contribution >= 4 is 0 Å². The van der Waals surface area contributed by atoms with Crippen molar-refractivity contribution in [2.75, 3.05) is 6.54 Å². The Bertz CT molecular complexity index is 371. The summed E-state index contributed by atoms with van der Waals surface area (Å²) in [6.45, 7) is 1.13. The van der Waals surface area contributed by atoms with Crippen molar-refractivity contribution in [3.05, 3.63) is 11.9 Å². The fourth-order valence-corrected chi connectivity index (χ4v) is 3.44. The van der Waals surface area contributed by atoms with Gasteiger partial charge in [0.15, 0.2) is 0 Å². The van der Waals surface area contributed by atoms with Crippen molar-refractivity contribution in [2.24, 2.45) is 0 Å². The Hall–Kier alpha value is -0.900. The van der Waals surface area contributed by atoms with Crippen LogP contribution in [0.15, 0.2) is 6.20 Å². The van der Waals surface area contributed by atoms with Crippen LogP contribution in [0, 0.1) is 0 Å². The molecule has 19 heavy (non-hydrogen) atoms. The van der Waals surface area contributed by atoms with Gasteiger partial charge in [0.25, 0.3) is 0 Å². The smallest absolute Gasteiger partial charge is 0.0996 e.